The van der Waals surface area contributed by atoms with E-state index in [9.17, 15) is 15.4 Å². The summed E-state index contributed by atoms with van der Waals surface area (Å²) < 4.78 is 6.16. The summed E-state index contributed by atoms with van der Waals surface area (Å²) >= 11 is 3.18. The Labute approximate surface area is 129 Å². The molecule has 1 heterocycles. The van der Waals surface area contributed by atoms with Gasteiger partial charge in [-0.25, -0.2) is 0 Å². The first-order valence-electron chi connectivity index (χ1n) is 5.92. The van der Waals surface area contributed by atoms with Crippen molar-refractivity contribution in [1.82, 2.24) is 4.98 Å². The molecule has 1 aromatic heterocycles. The largest absolute Gasteiger partial charge is 0.449 e. The molecule has 6 nitrogen and oxygen atoms in total. The second-order valence-electron chi connectivity index (χ2n) is 4.31. The minimum atomic E-state index is -0.535. The number of nitriles is 1. The molecule has 0 radical (unpaired) electrons. The van der Waals surface area contributed by atoms with Crippen LogP contribution in [0, 0.1) is 35.3 Å². The number of nitro benzene ring substituents is 1. The van der Waals surface area contributed by atoms with E-state index in [1.165, 1.54) is 12.1 Å². The van der Waals surface area contributed by atoms with Crippen molar-refractivity contribution in [3.05, 3.63) is 55.8 Å². The highest BCUT2D eigenvalue weighted by Gasteiger charge is 2.18. The molecule has 0 aliphatic carbocycles. The second-order valence-corrected chi connectivity index (χ2v) is 5.22. The summed E-state index contributed by atoms with van der Waals surface area (Å²) in [6.45, 7) is 3.45. The lowest BCUT2D eigenvalue weighted by Crippen LogP contribution is -1.98. The maximum absolute atomic E-state index is 11.1. The molecular formula is C14H10BrN3O3. The van der Waals surface area contributed by atoms with Gasteiger partial charge in [-0.05, 0) is 26.0 Å². The van der Waals surface area contributed by atoms with Crippen LogP contribution in [0.25, 0.3) is 0 Å². The summed E-state index contributed by atoms with van der Waals surface area (Å²) in [5.74, 6) is 0.331. The Balaban J connectivity index is 2.53. The first-order valence-corrected chi connectivity index (χ1v) is 6.72. The van der Waals surface area contributed by atoms with E-state index in [-0.39, 0.29) is 22.7 Å². The number of ether oxygens (including phenoxy) is 1. The van der Waals surface area contributed by atoms with Gasteiger partial charge in [0.2, 0.25) is 5.75 Å². The monoisotopic (exact) mass is 347 g/mol. The van der Waals surface area contributed by atoms with E-state index in [0.29, 0.717) is 15.9 Å². The number of aromatic nitrogens is 1. The van der Waals surface area contributed by atoms with Gasteiger partial charge in [0.15, 0.2) is 0 Å². The zero-order valence-corrected chi connectivity index (χ0v) is 12.8. The zero-order chi connectivity index (χ0) is 15.6. The van der Waals surface area contributed by atoms with Gasteiger partial charge in [0, 0.05) is 22.3 Å². The fourth-order valence-electron chi connectivity index (χ4n) is 1.85. The molecule has 106 valence electrons. The molecule has 0 atom stereocenters. The number of hydrogen-bond acceptors (Lipinski definition) is 5. The Morgan fingerprint density at radius 1 is 1.33 bits per heavy atom. The van der Waals surface area contributed by atoms with Gasteiger partial charge in [-0.2, -0.15) is 5.26 Å². The molecule has 21 heavy (non-hydrogen) atoms. The molecule has 0 unspecified atom stereocenters. The predicted molar refractivity (Wildman–Crippen MR) is 79.3 cm³/mol. The van der Waals surface area contributed by atoms with Crippen molar-refractivity contribution in [3.63, 3.8) is 0 Å². The van der Waals surface area contributed by atoms with Crippen LogP contribution >= 0.6 is 15.9 Å². The van der Waals surface area contributed by atoms with Crippen molar-refractivity contribution >= 4 is 21.6 Å². The van der Waals surface area contributed by atoms with Crippen molar-refractivity contribution in [1.29, 1.82) is 5.26 Å². The van der Waals surface area contributed by atoms with Gasteiger partial charge >= 0.3 is 5.69 Å². The van der Waals surface area contributed by atoms with Gasteiger partial charge in [-0.15, -0.1) is 0 Å². The van der Waals surface area contributed by atoms with Gasteiger partial charge in [-0.3, -0.25) is 15.1 Å². The topological polar surface area (TPSA) is 89.0 Å². The summed E-state index contributed by atoms with van der Waals surface area (Å²) in [7, 11) is 0. The quantitative estimate of drug-likeness (QED) is 0.617. The summed E-state index contributed by atoms with van der Waals surface area (Å²) in [6.07, 6.45) is 0. The van der Waals surface area contributed by atoms with Gasteiger partial charge in [0.25, 0.3) is 0 Å². The summed E-state index contributed by atoms with van der Waals surface area (Å²) in [4.78, 5) is 14.7. The van der Waals surface area contributed by atoms with Crippen molar-refractivity contribution in [2.75, 3.05) is 0 Å². The summed E-state index contributed by atoms with van der Waals surface area (Å²) in [5.41, 5.74) is 1.27. The van der Waals surface area contributed by atoms with Crippen LogP contribution in [0.2, 0.25) is 0 Å². The average Bonchev–Trinajstić information content (AvgIpc) is 2.40. The predicted octanol–water partition coefficient (Wildman–Crippen LogP) is 4.03. The van der Waals surface area contributed by atoms with Gasteiger partial charge < -0.3 is 4.74 Å². The Hall–Kier alpha value is -2.46. The molecule has 1 aromatic carbocycles. The van der Waals surface area contributed by atoms with E-state index in [4.69, 9.17) is 4.74 Å². The van der Waals surface area contributed by atoms with Crippen LogP contribution in [-0.4, -0.2) is 9.91 Å². The molecule has 0 N–H and O–H groups in total. The zero-order valence-electron chi connectivity index (χ0n) is 11.3. The Morgan fingerprint density at radius 3 is 2.67 bits per heavy atom. The molecule has 0 aliphatic rings. The molecule has 0 fully saturated rings. The number of nitrogens with zero attached hydrogens (tertiary/aromatic N) is 3. The maximum atomic E-state index is 11.1. The standard InChI is InChI=1S/C14H10BrN3O3/c1-8-5-14(11(7-16)9(2)17-8)21-13-4-3-10(15)6-12(13)18(19)20/h3-6H,1-2H3. The van der Waals surface area contributed by atoms with Crippen molar-refractivity contribution < 1.29 is 9.66 Å². The minimum absolute atomic E-state index is 0.0738. The molecule has 7 heteroatoms. The van der Waals surface area contributed by atoms with Gasteiger partial charge in [0.05, 0.1) is 10.6 Å². The summed E-state index contributed by atoms with van der Waals surface area (Å²) in [5, 5.41) is 20.3. The highest BCUT2D eigenvalue weighted by molar-refractivity contribution is 9.10. The molecule has 0 aliphatic heterocycles. The van der Waals surface area contributed by atoms with E-state index in [2.05, 4.69) is 20.9 Å². The van der Waals surface area contributed by atoms with Crippen LogP contribution < -0.4 is 4.74 Å². The summed E-state index contributed by atoms with van der Waals surface area (Å²) in [6, 6.07) is 8.05. The fraction of sp³-hybridized carbons (Fsp3) is 0.143. The second kappa shape index (κ2) is 5.89. The number of rotatable bonds is 3. The van der Waals surface area contributed by atoms with Crippen LogP contribution in [0.3, 0.4) is 0 Å². The van der Waals surface area contributed by atoms with Crippen molar-refractivity contribution in [2.24, 2.45) is 0 Å². The SMILES string of the molecule is Cc1cc(Oc2ccc(Br)cc2[N+](=O)[O-])c(C#N)c(C)n1. The van der Waals surface area contributed by atoms with E-state index in [1.54, 1.807) is 26.0 Å². The Kier molecular flexibility index (Phi) is 4.19. The number of benzene rings is 1. The Morgan fingerprint density at radius 2 is 2.05 bits per heavy atom. The minimum Gasteiger partial charge on any atom is -0.449 e. The molecule has 2 rings (SSSR count). The van der Waals surface area contributed by atoms with E-state index < -0.39 is 4.92 Å². The van der Waals surface area contributed by atoms with Crippen LogP contribution in [0.1, 0.15) is 17.0 Å². The molecule has 0 bridgehead atoms. The first-order chi connectivity index (χ1) is 9.92. The van der Waals surface area contributed by atoms with Gasteiger partial charge in [-0.1, -0.05) is 15.9 Å². The van der Waals surface area contributed by atoms with Crippen molar-refractivity contribution in [3.8, 4) is 17.6 Å². The van der Waals surface area contributed by atoms with Crippen LogP contribution in [-0.2, 0) is 0 Å². The molecule has 0 saturated heterocycles. The third-order valence-corrected chi connectivity index (χ3v) is 3.23. The molecule has 2 aromatic rings. The van der Waals surface area contributed by atoms with Crippen LogP contribution in [0.5, 0.6) is 11.5 Å². The highest BCUT2D eigenvalue weighted by atomic mass is 79.9. The maximum Gasteiger partial charge on any atom is 0.312 e. The van der Waals surface area contributed by atoms with E-state index >= 15 is 0 Å². The third kappa shape index (κ3) is 3.17. The Bertz CT molecular complexity index is 769. The normalized spacial score (nSPS) is 10.0. The average molecular weight is 348 g/mol. The number of pyridine rings is 1. The van der Waals surface area contributed by atoms with Gasteiger partial charge in [0.1, 0.15) is 17.4 Å². The molecular weight excluding hydrogens is 338 g/mol. The number of aryl methyl sites for hydroxylation is 2. The molecule has 0 spiro atoms. The number of halogens is 1. The lowest BCUT2D eigenvalue weighted by molar-refractivity contribution is -0.385. The van der Waals surface area contributed by atoms with Crippen LogP contribution in [0.4, 0.5) is 5.69 Å². The smallest absolute Gasteiger partial charge is 0.312 e. The fourth-order valence-corrected chi connectivity index (χ4v) is 2.20. The molecule has 0 amide bonds. The van der Waals surface area contributed by atoms with Crippen molar-refractivity contribution in [2.45, 2.75) is 13.8 Å². The highest BCUT2D eigenvalue weighted by Crippen LogP contribution is 2.35. The lowest BCUT2D eigenvalue weighted by atomic mass is 10.2. The number of nitro groups is 1. The van der Waals surface area contributed by atoms with E-state index in [1.807, 2.05) is 6.07 Å². The van der Waals surface area contributed by atoms with Crippen LogP contribution in [0.15, 0.2) is 28.7 Å². The van der Waals surface area contributed by atoms with E-state index in [0.717, 1.165) is 0 Å². The number of hydrogen-bond donors (Lipinski definition) is 0. The lowest BCUT2D eigenvalue weighted by Gasteiger charge is -2.10. The molecule has 0 saturated carbocycles. The third-order valence-electron chi connectivity index (χ3n) is 2.74. The first kappa shape index (κ1) is 14.9.